The van der Waals surface area contributed by atoms with Crippen LogP contribution in [-0.2, 0) is 4.79 Å². The molecule has 0 radical (unpaired) electrons. The third-order valence-electron chi connectivity index (χ3n) is 4.23. The maximum absolute atomic E-state index is 11.0. The number of anilines is 1. The van der Waals surface area contributed by atoms with E-state index in [1.54, 1.807) is 6.20 Å². The van der Waals surface area contributed by atoms with Crippen LogP contribution >= 0.6 is 15.9 Å². The number of halogens is 1. The van der Waals surface area contributed by atoms with Crippen molar-refractivity contribution in [3.05, 3.63) is 22.8 Å². The van der Waals surface area contributed by atoms with Gasteiger partial charge in [-0.1, -0.05) is 15.9 Å². The van der Waals surface area contributed by atoms with Crippen LogP contribution in [-0.4, -0.2) is 46.1 Å². The molecule has 114 valence electrons. The maximum atomic E-state index is 11.0. The number of carbonyl (C=O) groups is 1. The summed E-state index contributed by atoms with van der Waals surface area (Å²) in [6, 6.07) is 4.66. The predicted octanol–water partition coefficient (Wildman–Crippen LogP) is 2.58. The van der Waals surface area contributed by atoms with Crippen molar-refractivity contribution in [2.45, 2.75) is 37.8 Å². The van der Waals surface area contributed by atoms with Gasteiger partial charge in [-0.05, 0) is 43.7 Å². The quantitative estimate of drug-likeness (QED) is 0.788. The second-order valence-corrected chi connectivity index (χ2v) is 7.01. The summed E-state index contributed by atoms with van der Waals surface area (Å²) in [5, 5.41) is 12.5. The first kappa shape index (κ1) is 14.8. The molecule has 21 heavy (non-hydrogen) atoms. The number of nitrogens with one attached hydrogen (secondary N) is 1. The zero-order valence-corrected chi connectivity index (χ0v) is 13.4. The minimum atomic E-state index is -0.722. The first-order valence-corrected chi connectivity index (χ1v) is 8.23. The summed E-state index contributed by atoms with van der Waals surface area (Å²) in [4.78, 5) is 17.4. The van der Waals surface area contributed by atoms with E-state index in [-0.39, 0.29) is 6.54 Å². The summed E-state index contributed by atoms with van der Waals surface area (Å²) in [6.07, 6.45) is 6.27. The molecule has 0 saturated heterocycles. The summed E-state index contributed by atoms with van der Waals surface area (Å²) in [6.45, 7) is 1.11. The maximum Gasteiger partial charge on any atom is 0.317 e. The molecule has 2 aliphatic rings. The van der Waals surface area contributed by atoms with E-state index in [1.165, 1.54) is 12.8 Å². The Morgan fingerprint density at radius 2 is 2.24 bits per heavy atom. The molecule has 3 rings (SSSR count). The summed E-state index contributed by atoms with van der Waals surface area (Å²) in [5.41, 5.74) is 0. The Morgan fingerprint density at radius 1 is 1.48 bits per heavy atom. The van der Waals surface area contributed by atoms with Crippen LogP contribution in [0.5, 0.6) is 0 Å². The lowest BCUT2D eigenvalue weighted by molar-refractivity contribution is -0.139. The Balaban J connectivity index is 1.49. The van der Waals surface area contributed by atoms with Crippen molar-refractivity contribution < 1.29 is 9.90 Å². The normalized spacial score (nSPS) is 24.7. The Kier molecular flexibility index (Phi) is 4.45. The topological polar surface area (TPSA) is 65.5 Å². The molecule has 1 heterocycles. The standard InChI is InChI=1S/C15H20BrN3O2/c16-11-3-4-17-14(5-11)18-12-6-13(7-12)19(9-15(20)21)8-10-1-2-10/h3-5,10,12-13H,1-2,6-9H2,(H,17,18)(H,20,21). The summed E-state index contributed by atoms with van der Waals surface area (Å²) in [7, 11) is 0. The average Bonchev–Trinajstić information content (AvgIpc) is 3.16. The van der Waals surface area contributed by atoms with Crippen LogP contribution in [0.4, 0.5) is 5.82 Å². The molecule has 1 aromatic heterocycles. The minimum Gasteiger partial charge on any atom is -0.480 e. The second-order valence-electron chi connectivity index (χ2n) is 6.09. The van der Waals surface area contributed by atoms with Gasteiger partial charge < -0.3 is 10.4 Å². The van der Waals surface area contributed by atoms with Crippen molar-refractivity contribution >= 4 is 27.7 Å². The number of carboxylic acids is 1. The minimum absolute atomic E-state index is 0.170. The SMILES string of the molecule is O=C(O)CN(CC1CC1)C1CC(Nc2cc(Br)ccn2)C1. The van der Waals surface area contributed by atoms with Gasteiger partial charge in [0, 0.05) is 29.3 Å². The molecule has 2 N–H and O–H groups in total. The van der Waals surface area contributed by atoms with Gasteiger partial charge >= 0.3 is 5.97 Å². The zero-order valence-electron chi connectivity index (χ0n) is 11.8. The van der Waals surface area contributed by atoms with Crippen LogP contribution in [0.3, 0.4) is 0 Å². The zero-order chi connectivity index (χ0) is 14.8. The molecule has 0 unspecified atom stereocenters. The number of carboxylic acid groups (broad SMARTS) is 1. The van der Waals surface area contributed by atoms with Gasteiger partial charge in [0.15, 0.2) is 0 Å². The molecule has 0 bridgehead atoms. The molecule has 0 spiro atoms. The highest BCUT2D eigenvalue weighted by Gasteiger charge is 2.37. The Morgan fingerprint density at radius 3 is 2.86 bits per heavy atom. The number of nitrogens with zero attached hydrogens (tertiary/aromatic N) is 2. The third kappa shape index (κ3) is 4.17. The Hall–Kier alpha value is -1.14. The molecule has 0 atom stereocenters. The number of aromatic nitrogens is 1. The van der Waals surface area contributed by atoms with Gasteiger partial charge in [0.25, 0.3) is 0 Å². The van der Waals surface area contributed by atoms with Crippen LogP contribution in [0.25, 0.3) is 0 Å². The van der Waals surface area contributed by atoms with Crippen LogP contribution in [0.1, 0.15) is 25.7 Å². The molecule has 2 saturated carbocycles. The Labute approximate surface area is 132 Å². The van der Waals surface area contributed by atoms with Gasteiger partial charge in [0.1, 0.15) is 5.82 Å². The highest BCUT2D eigenvalue weighted by Crippen LogP contribution is 2.34. The summed E-state index contributed by atoms with van der Waals surface area (Å²) >= 11 is 3.43. The molecule has 1 aromatic rings. The van der Waals surface area contributed by atoms with E-state index in [0.29, 0.717) is 12.1 Å². The van der Waals surface area contributed by atoms with Gasteiger partial charge in [-0.25, -0.2) is 4.98 Å². The first-order valence-electron chi connectivity index (χ1n) is 7.44. The monoisotopic (exact) mass is 353 g/mol. The lowest BCUT2D eigenvalue weighted by Gasteiger charge is -2.43. The Bertz CT molecular complexity index is 515. The van der Waals surface area contributed by atoms with E-state index >= 15 is 0 Å². The molecule has 2 fully saturated rings. The number of rotatable bonds is 7. The fourth-order valence-electron chi connectivity index (χ4n) is 2.85. The summed E-state index contributed by atoms with van der Waals surface area (Å²) < 4.78 is 1.01. The van der Waals surface area contributed by atoms with E-state index < -0.39 is 5.97 Å². The van der Waals surface area contributed by atoms with Crippen molar-refractivity contribution in [1.82, 2.24) is 9.88 Å². The smallest absolute Gasteiger partial charge is 0.317 e. The fourth-order valence-corrected chi connectivity index (χ4v) is 3.18. The lowest BCUT2D eigenvalue weighted by atomic mass is 9.85. The lowest BCUT2D eigenvalue weighted by Crippen LogP contribution is -2.52. The van der Waals surface area contributed by atoms with E-state index in [2.05, 4.69) is 31.1 Å². The van der Waals surface area contributed by atoms with Gasteiger partial charge in [0.05, 0.1) is 6.54 Å². The van der Waals surface area contributed by atoms with Gasteiger partial charge in [-0.15, -0.1) is 0 Å². The molecule has 5 nitrogen and oxygen atoms in total. The van der Waals surface area contributed by atoms with Crippen LogP contribution < -0.4 is 5.32 Å². The van der Waals surface area contributed by atoms with Crippen molar-refractivity contribution in [1.29, 1.82) is 0 Å². The fraction of sp³-hybridized carbons (Fsp3) is 0.600. The second kappa shape index (κ2) is 6.32. The van der Waals surface area contributed by atoms with E-state index in [4.69, 9.17) is 5.11 Å². The van der Waals surface area contributed by atoms with Crippen molar-refractivity contribution in [3.8, 4) is 0 Å². The van der Waals surface area contributed by atoms with Crippen molar-refractivity contribution in [2.24, 2.45) is 5.92 Å². The summed E-state index contributed by atoms with van der Waals surface area (Å²) in [5.74, 6) is 0.878. The van der Waals surface area contributed by atoms with Crippen molar-refractivity contribution in [2.75, 3.05) is 18.4 Å². The molecule has 0 aromatic carbocycles. The molecular weight excluding hydrogens is 334 g/mol. The van der Waals surface area contributed by atoms with Gasteiger partial charge in [-0.2, -0.15) is 0 Å². The molecule has 0 aliphatic heterocycles. The van der Waals surface area contributed by atoms with E-state index in [0.717, 1.165) is 35.6 Å². The highest BCUT2D eigenvalue weighted by molar-refractivity contribution is 9.10. The highest BCUT2D eigenvalue weighted by atomic mass is 79.9. The molecular formula is C15H20BrN3O2. The number of hydrogen-bond acceptors (Lipinski definition) is 4. The predicted molar refractivity (Wildman–Crippen MR) is 84.3 cm³/mol. The average molecular weight is 354 g/mol. The van der Waals surface area contributed by atoms with E-state index in [1.807, 2.05) is 12.1 Å². The van der Waals surface area contributed by atoms with Crippen LogP contribution in [0.15, 0.2) is 22.8 Å². The molecule has 6 heteroatoms. The first-order chi connectivity index (χ1) is 10.1. The van der Waals surface area contributed by atoms with Gasteiger partial charge in [0.2, 0.25) is 0 Å². The number of aliphatic carboxylic acids is 1. The largest absolute Gasteiger partial charge is 0.480 e. The molecule has 0 amide bonds. The van der Waals surface area contributed by atoms with Crippen LogP contribution in [0.2, 0.25) is 0 Å². The van der Waals surface area contributed by atoms with Crippen LogP contribution in [0, 0.1) is 5.92 Å². The third-order valence-corrected chi connectivity index (χ3v) is 4.72. The van der Waals surface area contributed by atoms with Gasteiger partial charge in [-0.3, -0.25) is 9.69 Å². The molecule has 2 aliphatic carbocycles. The number of hydrogen-bond donors (Lipinski definition) is 2. The van der Waals surface area contributed by atoms with E-state index in [9.17, 15) is 4.79 Å². The van der Waals surface area contributed by atoms with Crippen molar-refractivity contribution in [3.63, 3.8) is 0 Å². The number of pyridine rings is 1.